The summed E-state index contributed by atoms with van der Waals surface area (Å²) in [5.74, 6) is -0.109. The molecule has 0 fully saturated rings. The Morgan fingerprint density at radius 3 is 2.67 bits per heavy atom. The highest BCUT2D eigenvalue weighted by Crippen LogP contribution is 2.19. The van der Waals surface area contributed by atoms with Crippen molar-refractivity contribution in [1.82, 2.24) is 0 Å². The molecule has 0 saturated carbocycles. The molecule has 1 aliphatic heterocycles. The van der Waals surface area contributed by atoms with Crippen molar-refractivity contribution >= 4 is 11.6 Å². The first-order chi connectivity index (χ1) is 5.68. The van der Waals surface area contributed by atoms with Crippen LogP contribution in [0.3, 0.4) is 0 Å². The summed E-state index contributed by atoms with van der Waals surface area (Å²) in [6.45, 7) is 3.87. The molecular formula is C10H9NO. The van der Waals surface area contributed by atoms with Gasteiger partial charge in [-0.25, -0.2) is 4.99 Å². The molecule has 0 bridgehead atoms. The van der Waals surface area contributed by atoms with E-state index in [1.807, 2.05) is 32.0 Å². The molecule has 1 aromatic carbocycles. The zero-order chi connectivity index (χ0) is 8.72. The number of hydrogen-bond donors (Lipinski definition) is 0. The zero-order valence-electron chi connectivity index (χ0n) is 7.09. The van der Waals surface area contributed by atoms with Crippen LogP contribution in [0.4, 0.5) is 0 Å². The Bertz CT molecular complexity index is 391. The van der Waals surface area contributed by atoms with Gasteiger partial charge in [0.1, 0.15) is 0 Å². The Morgan fingerprint density at radius 2 is 1.92 bits per heavy atom. The van der Waals surface area contributed by atoms with E-state index < -0.39 is 0 Å². The van der Waals surface area contributed by atoms with E-state index >= 15 is 0 Å². The molecule has 0 unspecified atom stereocenters. The number of amides is 1. The van der Waals surface area contributed by atoms with E-state index in [4.69, 9.17) is 0 Å². The van der Waals surface area contributed by atoms with E-state index in [0.717, 1.165) is 22.4 Å². The van der Waals surface area contributed by atoms with Crippen LogP contribution in [-0.2, 0) is 0 Å². The number of carbonyl (C=O) groups is 1. The standard InChI is InChI=1S/C10H9NO/c1-6-3-4-8-9(5-6)7(2)11-10(8)12/h3-5H,1-2H3. The number of rotatable bonds is 0. The van der Waals surface area contributed by atoms with Crippen molar-refractivity contribution in [1.29, 1.82) is 0 Å². The molecule has 0 aromatic heterocycles. The average molecular weight is 159 g/mol. The van der Waals surface area contributed by atoms with Gasteiger partial charge in [-0.2, -0.15) is 0 Å². The van der Waals surface area contributed by atoms with Crippen LogP contribution in [0.15, 0.2) is 23.2 Å². The molecule has 12 heavy (non-hydrogen) atoms. The van der Waals surface area contributed by atoms with Crippen LogP contribution >= 0.6 is 0 Å². The van der Waals surface area contributed by atoms with Gasteiger partial charge in [0.05, 0.1) is 5.56 Å². The quantitative estimate of drug-likeness (QED) is 0.569. The highest BCUT2D eigenvalue weighted by atomic mass is 16.1. The smallest absolute Gasteiger partial charge is 0.267 e. The summed E-state index contributed by atoms with van der Waals surface area (Å²) < 4.78 is 0. The fraction of sp³-hybridized carbons (Fsp3) is 0.200. The molecule has 2 rings (SSSR count). The molecule has 0 atom stereocenters. The lowest BCUT2D eigenvalue weighted by Crippen LogP contribution is -1.93. The van der Waals surface area contributed by atoms with Crippen molar-refractivity contribution in [2.24, 2.45) is 4.99 Å². The van der Waals surface area contributed by atoms with Gasteiger partial charge in [0, 0.05) is 11.3 Å². The maximum atomic E-state index is 11.2. The minimum absolute atomic E-state index is 0.109. The molecule has 1 amide bonds. The number of nitrogens with zero attached hydrogens (tertiary/aromatic N) is 1. The van der Waals surface area contributed by atoms with Crippen LogP contribution in [0.25, 0.3) is 0 Å². The second-order valence-corrected chi connectivity index (χ2v) is 3.05. The van der Waals surface area contributed by atoms with Crippen LogP contribution in [0.2, 0.25) is 0 Å². The number of aryl methyl sites for hydroxylation is 1. The Kier molecular flexibility index (Phi) is 1.37. The van der Waals surface area contributed by atoms with Crippen LogP contribution < -0.4 is 0 Å². The van der Waals surface area contributed by atoms with Crippen molar-refractivity contribution < 1.29 is 4.79 Å². The van der Waals surface area contributed by atoms with Gasteiger partial charge in [0.2, 0.25) is 0 Å². The predicted octanol–water partition coefficient (Wildman–Crippen LogP) is 1.96. The molecule has 1 heterocycles. The van der Waals surface area contributed by atoms with E-state index in [1.54, 1.807) is 0 Å². The molecule has 0 aliphatic carbocycles. The van der Waals surface area contributed by atoms with Crippen LogP contribution in [0, 0.1) is 6.92 Å². The van der Waals surface area contributed by atoms with Gasteiger partial charge in [0.15, 0.2) is 0 Å². The molecule has 60 valence electrons. The second-order valence-electron chi connectivity index (χ2n) is 3.05. The molecule has 0 spiro atoms. The molecule has 1 aromatic rings. The van der Waals surface area contributed by atoms with Crippen molar-refractivity contribution in [3.63, 3.8) is 0 Å². The van der Waals surface area contributed by atoms with Gasteiger partial charge in [-0.15, -0.1) is 0 Å². The van der Waals surface area contributed by atoms with Crippen molar-refractivity contribution in [2.45, 2.75) is 13.8 Å². The largest absolute Gasteiger partial charge is 0.277 e. The van der Waals surface area contributed by atoms with E-state index in [1.165, 1.54) is 0 Å². The predicted molar refractivity (Wildman–Crippen MR) is 47.7 cm³/mol. The topological polar surface area (TPSA) is 29.4 Å². The first-order valence-electron chi connectivity index (χ1n) is 3.89. The second kappa shape index (κ2) is 2.27. The summed E-state index contributed by atoms with van der Waals surface area (Å²) in [7, 11) is 0. The summed E-state index contributed by atoms with van der Waals surface area (Å²) in [5.41, 5.74) is 3.72. The zero-order valence-corrected chi connectivity index (χ0v) is 7.09. The molecule has 1 aliphatic rings. The lowest BCUT2D eigenvalue weighted by molar-refractivity contribution is 0.101. The molecule has 2 nitrogen and oxygen atoms in total. The summed E-state index contributed by atoms with van der Waals surface area (Å²) in [5, 5.41) is 0. The van der Waals surface area contributed by atoms with E-state index in [-0.39, 0.29) is 5.91 Å². The Morgan fingerprint density at radius 1 is 1.17 bits per heavy atom. The lowest BCUT2D eigenvalue weighted by Gasteiger charge is -1.98. The van der Waals surface area contributed by atoms with Gasteiger partial charge >= 0.3 is 0 Å². The Hall–Kier alpha value is -1.44. The first-order valence-corrected chi connectivity index (χ1v) is 3.89. The van der Waals surface area contributed by atoms with E-state index in [2.05, 4.69) is 4.99 Å². The van der Waals surface area contributed by atoms with Crippen LogP contribution in [0.1, 0.15) is 28.4 Å². The minimum Gasteiger partial charge on any atom is -0.267 e. The van der Waals surface area contributed by atoms with Gasteiger partial charge in [-0.05, 0) is 26.0 Å². The van der Waals surface area contributed by atoms with Gasteiger partial charge < -0.3 is 0 Å². The lowest BCUT2D eigenvalue weighted by atomic mass is 10.0. The van der Waals surface area contributed by atoms with Crippen molar-refractivity contribution in [3.05, 3.63) is 34.9 Å². The number of hydrogen-bond acceptors (Lipinski definition) is 1. The fourth-order valence-electron chi connectivity index (χ4n) is 1.42. The SMILES string of the molecule is CC1=NC(=O)c2ccc(C)cc21. The third-order valence-electron chi connectivity index (χ3n) is 2.06. The third-order valence-corrected chi connectivity index (χ3v) is 2.06. The van der Waals surface area contributed by atoms with Gasteiger partial charge in [-0.3, -0.25) is 4.79 Å². The van der Waals surface area contributed by atoms with E-state index in [0.29, 0.717) is 0 Å². The number of fused-ring (bicyclic) bond motifs is 1. The summed E-state index contributed by atoms with van der Waals surface area (Å²) in [6.07, 6.45) is 0. The third kappa shape index (κ3) is 0.881. The summed E-state index contributed by atoms with van der Waals surface area (Å²) in [4.78, 5) is 15.1. The molecular weight excluding hydrogens is 150 g/mol. The maximum absolute atomic E-state index is 11.2. The first kappa shape index (κ1) is 7.22. The molecule has 2 heteroatoms. The van der Waals surface area contributed by atoms with Crippen molar-refractivity contribution in [2.75, 3.05) is 0 Å². The normalized spacial score (nSPS) is 14.5. The monoisotopic (exact) mass is 159 g/mol. The highest BCUT2D eigenvalue weighted by Gasteiger charge is 2.19. The molecule has 0 N–H and O–H groups in total. The number of carbonyl (C=O) groups excluding carboxylic acids is 1. The van der Waals surface area contributed by atoms with Crippen LogP contribution in [-0.4, -0.2) is 11.6 Å². The molecule has 0 saturated heterocycles. The number of benzene rings is 1. The Balaban J connectivity index is 2.69. The van der Waals surface area contributed by atoms with Gasteiger partial charge in [-0.1, -0.05) is 11.6 Å². The van der Waals surface area contributed by atoms with Crippen molar-refractivity contribution in [3.8, 4) is 0 Å². The summed E-state index contributed by atoms with van der Waals surface area (Å²) >= 11 is 0. The molecule has 0 radical (unpaired) electrons. The highest BCUT2D eigenvalue weighted by molar-refractivity contribution is 6.20. The summed E-state index contributed by atoms with van der Waals surface area (Å²) in [6, 6.07) is 5.77. The fourth-order valence-corrected chi connectivity index (χ4v) is 1.42. The van der Waals surface area contributed by atoms with Gasteiger partial charge in [0.25, 0.3) is 5.91 Å². The van der Waals surface area contributed by atoms with E-state index in [9.17, 15) is 4.79 Å². The minimum atomic E-state index is -0.109. The van der Waals surface area contributed by atoms with Crippen LogP contribution in [0.5, 0.6) is 0 Å². The number of aliphatic imine (C=N–C) groups is 1. The Labute approximate surface area is 70.9 Å². The average Bonchev–Trinajstić information content (AvgIpc) is 2.28. The maximum Gasteiger partial charge on any atom is 0.277 e.